The van der Waals surface area contributed by atoms with E-state index in [0.717, 1.165) is 44.1 Å². The fourth-order valence-electron chi connectivity index (χ4n) is 4.66. The van der Waals surface area contributed by atoms with Gasteiger partial charge in [0.05, 0.1) is 13.7 Å². The fourth-order valence-corrected chi connectivity index (χ4v) is 4.66. The van der Waals surface area contributed by atoms with E-state index < -0.39 is 6.04 Å². The zero-order chi connectivity index (χ0) is 21.5. The molecule has 0 aromatic heterocycles. The monoisotopic (exact) mass is 416 g/mol. The van der Waals surface area contributed by atoms with Crippen molar-refractivity contribution in [1.82, 2.24) is 9.80 Å². The van der Waals surface area contributed by atoms with Gasteiger partial charge < -0.3 is 19.3 Å². The van der Waals surface area contributed by atoms with Crippen molar-refractivity contribution in [3.63, 3.8) is 0 Å². The highest BCUT2D eigenvalue weighted by atomic mass is 16.5. The van der Waals surface area contributed by atoms with Crippen molar-refractivity contribution in [1.29, 1.82) is 0 Å². The van der Waals surface area contributed by atoms with Crippen LogP contribution in [-0.4, -0.2) is 54.5 Å². The first kappa shape index (κ1) is 22.4. The minimum absolute atomic E-state index is 0.0452. The second-order valence-electron chi connectivity index (χ2n) is 8.30. The van der Waals surface area contributed by atoms with E-state index in [1.54, 1.807) is 12.0 Å². The van der Waals surface area contributed by atoms with E-state index in [9.17, 15) is 9.59 Å². The number of carbonyl (C=O) groups is 2. The van der Waals surface area contributed by atoms with E-state index >= 15 is 0 Å². The van der Waals surface area contributed by atoms with E-state index in [2.05, 4.69) is 6.92 Å². The lowest BCUT2D eigenvalue weighted by molar-refractivity contribution is -0.159. The summed E-state index contributed by atoms with van der Waals surface area (Å²) >= 11 is 0. The van der Waals surface area contributed by atoms with E-state index in [0.29, 0.717) is 24.7 Å². The lowest BCUT2D eigenvalue weighted by Crippen LogP contribution is -2.58. The van der Waals surface area contributed by atoms with Crippen LogP contribution in [0.25, 0.3) is 0 Å². The van der Waals surface area contributed by atoms with Gasteiger partial charge in [-0.1, -0.05) is 45.1 Å². The van der Waals surface area contributed by atoms with E-state index in [4.69, 9.17) is 9.47 Å². The Bertz CT molecular complexity index is 728. The van der Waals surface area contributed by atoms with Gasteiger partial charge in [0, 0.05) is 12.6 Å². The quantitative estimate of drug-likeness (QED) is 0.592. The topological polar surface area (TPSA) is 59.1 Å². The maximum absolute atomic E-state index is 13.7. The number of rotatable bonds is 8. The van der Waals surface area contributed by atoms with Crippen LogP contribution in [-0.2, 0) is 9.59 Å². The summed E-state index contributed by atoms with van der Waals surface area (Å²) in [5, 5.41) is 0. The van der Waals surface area contributed by atoms with Crippen LogP contribution >= 0.6 is 0 Å². The molecule has 2 fully saturated rings. The van der Waals surface area contributed by atoms with Crippen molar-refractivity contribution in [2.45, 2.75) is 77.3 Å². The number of benzene rings is 1. The summed E-state index contributed by atoms with van der Waals surface area (Å²) in [5.74, 6) is 1.34. The Labute approximate surface area is 180 Å². The highest BCUT2D eigenvalue weighted by molar-refractivity contribution is 5.96. The van der Waals surface area contributed by atoms with Gasteiger partial charge in [0.2, 0.25) is 5.91 Å². The van der Waals surface area contributed by atoms with Gasteiger partial charge in [-0.3, -0.25) is 9.59 Å². The number of methoxy groups -OCH3 is 1. The van der Waals surface area contributed by atoms with Crippen LogP contribution in [0.1, 0.15) is 76.8 Å². The molecule has 1 aliphatic heterocycles. The third-order valence-corrected chi connectivity index (χ3v) is 6.28. The molecular weight excluding hydrogens is 380 g/mol. The maximum Gasteiger partial charge on any atom is 0.250 e. The summed E-state index contributed by atoms with van der Waals surface area (Å²) in [6, 6.07) is 5.18. The molecule has 0 unspecified atom stereocenters. The highest BCUT2D eigenvalue weighted by Crippen LogP contribution is 2.36. The van der Waals surface area contributed by atoms with Crippen LogP contribution in [0, 0.1) is 0 Å². The number of carbonyl (C=O) groups excluding carboxylic acids is 2. The number of piperazine rings is 1. The molecule has 1 aromatic carbocycles. The summed E-state index contributed by atoms with van der Waals surface area (Å²) < 4.78 is 11.2. The van der Waals surface area contributed by atoms with Crippen molar-refractivity contribution in [2.75, 3.05) is 26.8 Å². The standard InChI is InChI=1S/C24H36N2O4/c1-4-6-15-25-22(27)17-26(19-11-9-7-8-10-12-19)24(28)23(25)18-13-14-20(30-5-2)21(16-18)29-3/h13-14,16,19,23H,4-12,15,17H2,1-3H3/t23-/m0/s1. The van der Waals surface area contributed by atoms with E-state index in [1.807, 2.05) is 30.0 Å². The summed E-state index contributed by atoms with van der Waals surface area (Å²) in [5.41, 5.74) is 0.795. The zero-order valence-corrected chi connectivity index (χ0v) is 18.7. The summed E-state index contributed by atoms with van der Waals surface area (Å²) in [7, 11) is 1.60. The molecule has 1 heterocycles. The van der Waals surface area contributed by atoms with Crippen molar-refractivity contribution < 1.29 is 19.1 Å². The van der Waals surface area contributed by atoms with Crippen molar-refractivity contribution in [3.05, 3.63) is 23.8 Å². The molecule has 1 saturated heterocycles. The van der Waals surface area contributed by atoms with Crippen LogP contribution in [0.4, 0.5) is 0 Å². The average molecular weight is 417 g/mol. The Hall–Kier alpha value is -2.24. The van der Waals surface area contributed by atoms with Crippen LogP contribution in [0.5, 0.6) is 11.5 Å². The molecule has 1 aliphatic carbocycles. The van der Waals surface area contributed by atoms with E-state index in [1.165, 1.54) is 12.8 Å². The molecule has 0 radical (unpaired) electrons. The summed E-state index contributed by atoms with van der Waals surface area (Å²) in [6.45, 7) is 5.36. The average Bonchev–Trinajstić information content (AvgIpc) is 3.04. The van der Waals surface area contributed by atoms with Crippen LogP contribution in [0.15, 0.2) is 18.2 Å². The summed E-state index contributed by atoms with van der Waals surface area (Å²) in [4.78, 5) is 30.5. The van der Waals surface area contributed by atoms with Gasteiger partial charge in [-0.05, 0) is 43.9 Å². The first-order valence-corrected chi connectivity index (χ1v) is 11.5. The second kappa shape index (κ2) is 10.7. The van der Waals surface area contributed by atoms with Crippen LogP contribution in [0.2, 0.25) is 0 Å². The largest absolute Gasteiger partial charge is 0.493 e. The number of hydrogen-bond donors (Lipinski definition) is 0. The Morgan fingerprint density at radius 2 is 1.77 bits per heavy atom. The lowest BCUT2D eigenvalue weighted by Gasteiger charge is -2.43. The number of amides is 2. The van der Waals surface area contributed by atoms with Gasteiger partial charge in [0.25, 0.3) is 5.91 Å². The zero-order valence-electron chi connectivity index (χ0n) is 18.7. The molecule has 1 saturated carbocycles. The molecule has 1 atom stereocenters. The Morgan fingerprint density at radius 3 is 2.40 bits per heavy atom. The molecule has 2 aliphatic rings. The molecule has 6 nitrogen and oxygen atoms in total. The molecule has 166 valence electrons. The first-order chi connectivity index (χ1) is 14.6. The molecule has 0 N–H and O–H groups in total. The third kappa shape index (κ3) is 4.90. The molecule has 0 bridgehead atoms. The molecule has 1 aromatic rings. The molecule has 3 rings (SSSR count). The normalized spacial score (nSPS) is 21.0. The lowest BCUT2D eigenvalue weighted by atomic mass is 9.97. The molecule has 6 heteroatoms. The number of nitrogens with zero attached hydrogens (tertiary/aromatic N) is 2. The van der Waals surface area contributed by atoms with Crippen LogP contribution in [0.3, 0.4) is 0 Å². The minimum atomic E-state index is -0.592. The number of ether oxygens (including phenoxy) is 2. The van der Waals surface area contributed by atoms with Gasteiger partial charge >= 0.3 is 0 Å². The van der Waals surface area contributed by atoms with Crippen molar-refractivity contribution >= 4 is 11.8 Å². The van der Waals surface area contributed by atoms with Gasteiger partial charge in [0.15, 0.2) is 11.5 Å². The molecular formula is C24H36N2O4. The van der Waals surface area contributed by atoms with Gasteiger partial charge in [-0.15, -0.1) is 0 Å². The number of unbranched alkanes of at least 4 members (excludes halogenated alkanes) is 1. The van der Waals surface area contributed by atoms with Gasteiger partial charge in [-0.25, -0.2) is 0 Å². The molecule has 2 amide bonds. The number of hydrogen-bond acceptors (Lipinski definition) is 4. The predicted molar refractivity (Wildman–Crippen MR) is 117 cm³/mol. The maximum atomic E-state index is 13.7. The van der Waals surface area contributed by atoms with Crippen molar-refractivity contribution in [2.24, 2.45) is 0 Å². The Morgan fingerprint density at radius 1 is 1.03 bits per heavy atom. The van der Waals surface area contributed by atoms with Gasteiger partial charge in [-0.2, -0.15) is 0 Å². The van der Waals surface area contributed by atoms with Gasteiger partial charge in [0.1, 0.15) is 12.6 Å². The second-order valence-corrected chi connectivity index (χ2v) is 8.30. The first-order valence-electron chi connectivity index (χ1n) is 11.5. The predicted octanol–water partition coefficient (Wildman–Crippen LogP) is 4.33. The Kier molecular flexibility index (Phi) is 8.00. The van der Waals surface area contributed by atoms with E-state index in [-0.39, 0.29) is 24.4 Å². The molecule has 0 spiro atoms. The minimum Gasteiger partial charge on any atom is -0.493 e. The Balaban J connectivity index is 1.95. The van der Waals surface area contributed by atoms with Crippen molar-refractivity contribution in [3.8, 4) is 11.5 Å². The molecule has 30 heavy (non-hydrogen) atoms. The summed E-state index contributed by atoms with van der Waals surface area (Å²) in [6.07, 6.45) is 8.54. The fraction of sp³-hybridized carbons (Fsp3) is 0.667. The highest BCUT2D eigenvalue weighted by Gasteiger charge is 2.42. The van der Waals surface area contributed by atoms with Crippen LogP contribution < -0.4 is 9.47 Å². The third-order valence-electron chi connectivity index (χ3n) is 6.28. The SMILES string of the molecule is CCCCN1C(=O)CN(C2CCCCCC2)C(=O)[C@@H]1c1ccc(OCC)c(OC)c1. The smallest absolute Gasteiger partial charge is 0.250 e.